The number of thiophene rings is 1. The minimum atomic E-state index is -1.03. The topological polar surface area (TPSA) is 98.5 Å². The second-order valence-corrected chi connectivity index (χ2v) is 5.52. The number of hydrogen-bond acceptors (Lipinski definition) is 7. The van der Waals surface area contributed by atoms with E-state index in [4.69, 9.17) is 5.11 Å². The zero-order valence-corrected chi connectivity index (χ0v) is 12.0. The predicted molar refractivity (Wildman–Crippen MR) is 74.3 cm³/mol. The fourth-order valence-corrected chi connectivity index (χ4v) is 3.02. The summed E-state index contributed by atoms with van der Waals surface area (Å²) >= 11 is 2.17. The molecule has 0 radical (unpaired) electrons. The highest BCUT2D eigenvalue weighted by molar-refractivity contribution is 7.99. The van der Waals surface area contributed by atoms with Crippen LogP contribution in [0.25, 0.3) is 10.2 Å². The highest BCUT2D eigenvalue weighted by atomic mass is 32.2. The molecule has 106 valence electrons. The lowest BCUT2D eigenvalue weighted by Crippen LogP contribution is -2.27. The first-order valence-electron chi connectivity index (χ1n) is 5.42. The Morgan fingerprint density at radius 1 is 1.55 bits per heavy atom. The van der Waals surface area contributed by atoms with E-state index in [0.717, 1.165) is 16.3 Å². The molecule has 2 aromatic heterocycles. The molecule has 9 heteroatoms. The molecule has 2 heterocycles. The molecule has 2 rings (SSSR count). The molecule has 20 heavy (non-hydrogen) atoms. The monoisotopic (exact) mass is 314 g/mol. The van der Waals surface area contributed by atoms with Gasteiger partial charge in [-0.05, 0) is 11.4 Å². The Morgan fingerprint density at radius 3 is 2.95 bits per heavy atom. The lowest BCUT2D eigenvalue weighted by atomic mass is 10.4. The summed E-state index contributed by atoms with van der Waals surface area (Å²) in [6, 6.07) is 1.62. The number of carboxylic acids is 1. The molecule has 1 N–H and O–H groups in total. The van der Waals surface area contributed by atoms with Crippen LogP contribution in [0.5, 0.6) is 0 Å². The maximum Gasteiger partial charge on any atom is 0.325 e. The molecule has 0 aliphatic rings. The quantitative estimate of drug-likeness (QED) is 0.495. The van der Waals surface area contributed by atoms with Gasteiger partial charge in [0.1, 0.15) is 11.4 Å². The highest BCUT2D eigenvalue weighted by Gasteiger charge is 2.16. The number of esters is 1. The van der Waals surface area contributed by atoms with Gasteiger partial charge in [0.25, 0.3) is 5.56 Å². The van der Waals surface area contributed by atoms with Crippen LogP contribution in [0.15, 0.2) is 21.4 Å². The van der Waals surface area contributed by atoms with Crippen molar-refractivity contribution in [1.82, 2.24) is 9.55 Å². The summed E-state index contributed by atoms with van der Waals surface area (Å²) in [5, 5.41) is 11.0. The standard InChI is InChI=1S/C11H10N2O5S2/c1-18-8(16)4-13-10(17)6-2-3-19-9(6)12-11(13)20-5-7(14)15/h2-3H,4-5H2,1H3,(H,14,15). The Kier molecular flexibility index (Phi) is 4.40. The lowest BCUT2D eigenvalue weighted by Gasteiger charge is -2.09. The van der Waals surface area contributed by atoms with Gasteiger partial charge >= 0.3 is 11.9 Å². The van der Waals surface area contributed by atoms with Crippen molar-refractivity contribution < 1.29 is 19.4 Å². The van der Waals surface area contributed by atoms with Crippen molar-refractivity contribution in [2.45, 2.75) is 11.7 Å². The van der Waals surface area contributed by atoms with Crippen molar-refractivity contribution in [2.75, 3.05) is 12.9 Å². The fourth-order valence-electron chi connectivity index (χ4n) is 1.50. The van der Waals surface area contributed by atoms with E-state index in [1.165, 1.54) is 18.4 Å². The highest BCUT2D eigenvalue weighted by Crippen LogP contribution is 2.21. The number of aromatic nitrogens is 2. The summed E-state index contributed by atoms with van der Waals surface area (Å²) in [5.74, 6) is -1.87. The van der Waals surface area contributed by atoms with E-state index < -0.39 is 11.9 Å². The van der Waals surface area contributed by atoms with Gasteiger partial charge in [0.05, 0.1) is 18.2 Å². The van der Waals surface area contributed by atoms with Crippen molar-refractivity contribution in [3.63, 3.8) is 0 Å². The summed E-state index contributed by atoms with van der Waals surface area (Å²) in [5.41, 5.74) is -0.380. The zero-order valence-electron chi connectivity index (χ0n) is 10.4. The van der Waals surface area contributed by atoms with Crippen LogP contribution in [-0.4, -0.2) is 39.5 Å². The first-order valence-corrected chi connectivity index (χ1v) is 7.29. The zero-order chi connectivity index (χ0) is 14.7. The summed E-state index contributed by atoms with van der Waals surface area (Å²) in [4.78, 5) is 39.0. The van der Waals surface area contributed by atoms with E-state index in [2.05, 4.69) is 9.72 Å². The SMILES string of the molecule is COC(=O)Cn1c(SCC(=O)O)nc2sccc2c1=O. The van der Waals surface area contributed by atoms with Crippen LogP contribution in [0.3, 0.4) is 0 Å². The molecule has 2 aromatic rings. The van der Waals surface area contributed by atoms with Gasteiger partial charge in [-0.15, -0.1) is 11.3 Å². The number of rotatable bonds is 5. The van der Waals surface area contributed by atoms with Crippen LogP contribution in [-0.2, 0) is 20.9 Å². The van der Waals surface area contributed by atoms with Crippen LogP contribution < -0.4 is 5.56 Å². The van der Waals surface area contributed by atoms with Gasteiger partial charge < -0.3 is 9.84 Å². The lowest BCUT2D eigenvalue weighted by molar-refractivity contribution is -0.141. The number of hydrogen-bond donors (Lipinski definition) is 1. The molecule has 0 unspecified atom stereocenters. The van der Waals surface area contributed by atoms with E-state index >= 15 is 0 Å². The minimum absolute atomic E-state index is 0.192. The van der Waals surface area contributed by atoms with Crippen LogP contribution >= 0.6 is 23.1 Å². The number of thioether (sulfide) groups is 1. The van der Waals surface area contributed by atoms with Crippen LogP contribution in [0, 0.1) is 0 Å². The van der Waals surface area contributed by atoms with E-state index in [0.29, 0.717) is 10.2 Å². The second-order valence-electron chi connectivity index (χ2n) is 3.68. The van der Waals surface area contributed by atoms with Crippen molar-refractivity contribution >= 4 is 45.3 Å². The van der Waals surface area contributed by atoms with Gasteiger partial charge in [-0.25, -0.2) is 4.98 Å². The summed E-state index contributed by atoms with van der Waals surface area (Å²) in [6.07, 6.45) is 0. The Morgan fingerprint density at radius 2 is 2.30 bits per heavy atom. The molecular weight excluding hydrogens is 304 g/mol. The van der Waals surface area contributed by atoms with E-state index in [9.17, 15) is 14.4 Å². The van der Waals surface area contributed by atoms with Crippen molar-refractivity contribution in [3.05, 3.63) is 21.8 Å². The Bertz CT molecular complexity index is 721. The molecule has 0 saturated heterocycles. The van der Waals surface area contributed by atoms with Gasteiger partial charge in [0, 0.05) is 0 Å². The number of fused-ring (bicyclic) bond motifs is 1. The average Bonchev–Trinajstić information content (AvgIpc) is 2.88. The van der Waals surface area contributed by atoms with E-state index in [1.54, 1.807) is 11.4 Å². The third kappa shape index (κ3) is 2.99. The molecule has 0 bridgehead atoms. The van der Waals surface area contributed by atoms with Gasteiger partial charge in [-0.3, -0.25) is 19.0 Å². The van der Waals surface area contributed by atoms with Gasteiger partial charge in [-0.1, -0.05) is 11.8 Å². The largest absolute Gasteiger partial charge is 0.481 e. The number of ether oxygens (including phenoxy) is 1. The molecule has 0 aromatic carbocycles. The third-order valence-electron chi connectivity index (χ3n) is 2.39. The third-order valence-corrected chi connectivity index (χ3v) is 4.16. The number of nitrogens with zero attached hydrogens (tertiary/aromatic N) is 2. The van der Waals surface area contributed by atoms with Gasteiger partial charge in [0.15, 0.2) is 5.16 Å². The Balaban J connectivity index is 2.50. The molecule has 0 spiro atoms. The number of carbonyl (C=O) groups excluding carboxylic acids is 1. The minimum Gasteiger partial charge on any atom is -0.481 e. The smallest absolute Gasteiger partial charge is 0.325 e. The molecule has 0 aliphatic heterocycles. The number of methoxy groups -OCH3 is 1. The summed E-state index contributed by atoms with van der Waals surface area (Å²) in [7, 11) is 1.22. The summed E-state index contributed by atoms with van der Waals surface area (Å²) < 4.78 is 5.67. The fraction of sp³-hybridized carbons (Fsp3) is 0.273. The van der Waals surface area contributed by atoms with E-state index in [-0.39, 0.29) is 23.0 Å². The molecule has 0 aliphatic carbocycles. The molecule has 0 amide bonds. The van der Waals surface area contributed by atoms with Gasteiger partial charge in [-0.2, -0.15) is 0 Å². The maximum absolute atomic E-state index is 12.3. The number of carboxylic acid groups (broad SMARTS) is 1. The number of aliphatic carboxylic acids is 1. The maximum atomic E-state index is 12.3. The van der Waals surface area contributed by atoms with E-state index in [1.807, 2.05) is 0 Å². The molecule has 0 saturated carbocycles. The van der Waals surface area contributed by atoms with Crippen LogP contribution in [0.2, 0.25) is 0 Å². The second kappa shape index (κ2) is 6.06. The Hall–Kier alpha value is -1.87. The number of carbonyl (C=O) groups is 2. The summed E-state index contributed by atoms with van der Waals surface area (Å²) in [6.45, 7) is -0.296. The van der Waals surface area contributed by atoms with Crippen LogP contribution in [0.1, 0.15) is 0 Å². The van der Waals surface area contributed by atoms with Crippen LogP contribution in [0.4, 0.5) is 0 Å². The predicted octanol–water partition coefficient (Wildman–Crippen LogP) is 0.808. The van der Waals surface area contributed by atoms with Gasteiger partial charge in [0.2, 0.25) is 0 Å². The average molecular weight is 314 g/mol. The molecule has 7 nitrogen and oxygen atoms in total. The molecular formula is C11H10N2O5S2. The van der Waals surface area contributed by atoms with Crippen molar-refractivity contribution in [2.24, 2.45) is 0 Å². The Labute approximate surface area is 121 Å². The molecule has 0 fully saturated rings. The first-order chi connectivity index (χ1) is 9.52. The molecule has 0 atom stereocenters. The van der Waals surface area contributed by atoms with Crippen molar-refractivity contribution in [1.29, 1.82) is 0 Å². The normalized spacial score (nSPS) is 10.7. The van der Waals surface area contributed by atoms with Crippen molar-refractivity contribution in [3.8, 4) is 0 Å². The first kappa shape index (κ1) is 14.5.